The largest absolute Gasteiger partial charge is 0.497 e. The molecule has 0 unspecified atom stereocenters. The average Bonchev–Trinajstić information content (AvgIpc) is 3.24. The van der Waals surface area contributed by atoms with Gasteiger partial charge in [-0.3, -0.25) is 0 Å². The van der Waals surface area contributed by atoms with E-state index >= 15 is 0 Å². The first-order valence-corrected chi connectivity index (χ1v) is 6.86. The highest BCUT2D eigenvalue weighted by Gasteiger charge is 2.44. The van der Waals surface area contributed by atoms with Crippen LogP contribution in [0.15, 0.2) is 24.3 Å². The second kappa shape index (κ2) is 5.95. The van der Waals surface area contributed by atoms with Crippen molar-refractivity contribution in [3.8, 4) is 5.75 Å². The average molecular weight is 262 g/mol. The molecule has 0 aromatic heterocycles. The van der Waals surface area contributed by atoms with Crippen LogP contribution in [0, 0.1) is 0 Å². The van der Waals surface area contributed by atoms with Crippen molar-refractivity contribution in [1.29, 1.82) is 0 Å². The van der Waals surface area contributed by atoms with Crippen LogP contribution in [0.5, 0.6) is 5.75 Å². The summed E-state index contributed by atoms with van der Waals surface area (Å²) in [4.78, 5) is 11.6. The molecular weight excluding hydrogens is 240 g/mol. The second-order valence-corrected chi connectivity index (χ2v) is 5.12. The highest BCUT2D eigenvalue weighted by Crippen LogP contribution is 2.47. The topological polar surface area (TPSA) is 50.4 Å². The van der Waals surface area contributed by atoms with Crippen molar-refractivity contribution in [3.63, 3.8) is 0 Å². The molecule has 0 aliphatic heterocycles. The third kappa shape index (κ3) is 3.40. The maximum Gasteiger partial charge on any atom is 0.314 e. The summed E-state index contributed by atoms with van der Waals surface area (Å²) >= 11 is 0. The summed E-state index contributed by atoms with van der Waals surface area (Å²) in [7, 11) is 1.67. The summed E-state index contributed by atoms with van der Waals surface area (Å²) in [6.45, 7) is 3.47. The van der Waals surface area contributed by atoms with Gasteiger partial charge in [0.1, 0.15) is 5.75 Å². The molecule has 1 fully saturated rings. The van der Waals surface area contributed by atoms with E-state index in [0.29, 0.717) is 6.54 Å². The molecule has 4 heteroatoms. The number of ether oxygens (including phenoxy) is 1. The zero-order valence-electron chi connectivity index (χ0n) is 11.7. The minimum atomic E-state index is -0.0679. The third-order valence-corrected chi connectivity index (χ3v) is 3.68. The number of methoxy groups -OCH3 is 1. The van der Waals surface area contributed by atoms with Gasteiger partial charge in [0.2, 0.25) is 0 Å². The van der Waals surface area contributed by atoms with E-state index in [0.717, 1.165) is 31.6 Å². The summed E-state index contributed by atoms with van der Waals surface area (Å²) < 4.78 is 5.17. The molecule has 0 bridgehead atoms. The Balaban J connectivity index is 1.89. The Morgan fingerprint density at radius 3 is 2.47 bits per heavy atom. The van der Waals surface area contributed by atoms with Crippen LogP contribution < -0.4 is 15.4 Å². The van der Waals surface area contributed by atoms with Crippen molar-refractivity contribution in [1.82, 2.24) is 10.6 Å². The minimum absolute atomic E-state index is 0.0679. The van der Waals surface area contributed by atoms with Gasteiger partial charge in [-0.2, -0.15) is 0 Å². The van der Waals surface area contributed by atoms with Crippen LogP contribution in [0.4, 0.5) is 4.79 Å². The molecule has 0 radical (unpaired) electrons. The van der Waals surface area contributed by atoms with E-state index in [1.807, 2.05) is 19.1 Å². The lowest BCUT2D eigenvalue weighted by Gasteiger charge is -2.17. The molecule has 2 rings (SSSR count). The lowest BCUT2D eigenvalue weighted by atomic mass is 9.96. The third-order valence-electron chi connectivity index (χ3n) is 3.68. The molecular formula is C15H22N2O2. The molecule has 1 saturated carbocycles. The van der Waals surface area contributed by atoms with E-state index in [9.17, 15) is 4.79 Å². The van der Waals surface area contributed by atoms with Gasteiger partial charge in [-0.15, -0.1) is 0 Å². The fourth-order valence-electron chi connectivity index (χ4n) is 2.21. The molecule has 1 aliphatic rings. The van der Waals surface area contributed by atoms with E-state index in [1.165, 1.54) is 5.56 Å². The van der Waals surface area contributed by atoms with Crippen LogP contribution in [-0.4, -0.2) is 26.2 Å². The van der Waals surface area contributed by atoms with Crippen molar-refractivity contribution in [2.45, 2.75) is 31.6 Å². The summed E-state index contributed by atoms with van der Waals surface area (Å²) in [5.74, 6) is 0.869. The molecule has 0 saturated heterocycles. The zero-order chi connectivity index (χ0) is 13.7. The molecule has 0 heterocycles. The summed E-state index contributed by atoms with van der Waals surface area (Å²) in [5.41, 5.74) is 1.42. The van der Waals surface area contributed by atoms with Crippen LogP contribution in [-0.2, 0) is 5.41 Å². The van der Waals surface area contributed by atoms with E-state index < -0.39 is 0 Å². The van der Waals surface area contributed by atoms with Crippen LogP contribution in [0.2, 0.25) is 0 Å². The Hall–Kier alpha value is -1.71. The Morgan fingerprint density at radius 2 is 1.95 bits per heavy atom. The van der Waals surface area contributed by atoms with Gasteiger partial charge < -0.3 is 15.4 Å². The lowest BCUT2D eigenvalue weighted by Crippen LogP contribution is -2.40. The number of carbonyl (C=O) groups excluding carboxylic acids is 1. The Morgan fingerprint density at radius 1 is 1.26 bits per heavy atom. The monoisotopic (exact) mass is 262 g/mol. The van der Waals surface area contributed by atoms with Gasteiger partial charge >= 0.3 is 6.03 Å². The summed E-state index contributed by atoms with van der Waals surface area (Å²) in [6.07, 6.45) is 3.22. The molecule has 0 atom stereocenters. The Kier molecular flexibility index (Phi) is 4.30. The Bertz CT molecular complexity index is 424. The van der Waals surface area contributed by atoms with Crippen molar-refractivity contribution in [2.24, 2.45) is 0 Å². The predicted molar refractivity (Wildman–Crippen MR) is 75.6 cm³/mol. The van der Waals surface area contributed by atoms with E-state index in [-0.39, 0.29) is 11.4 Å². The molecule has 4 nitrogen and oxygen atoms in total. The number of hydrogen-bond donors (Lipinski definition) is 2. The first-order chi connectivity index (χ1) is 9.20. The fourth-order valence-corrected chi connectivity index (χ4v) is 2.21. The molecule has 104 valence electrons. The van der Waals surface area contributed by atoms with Crippen LogP contribution in [0.25, 0.3) is 0 Å². The van der Waals surface area contributed by atoms with Crippen LogP contribution in [0.1, 0.15) is 31.7 Å². The number of carbonyl (C=O) groups is 1. The first-order valence-electron chi connectivity index (χ1n) is 6.86. The first kappa shape index (κ1) is 13.7. The SMILES string of the molecule is CCCNC(=O)NCC1(c2ccc(OC)cc2)CC1. The smallest absolute Gasteiger partial charge is 0.314 e. The molecule has 0 spiro atoms. The van der Waals surface area contributed by atoms with Gasteiger partial charge in [0.05, 0.1) is 7.11 Å². The van der Waals surface area contributed by atoms with E-state index in [1.54, 1.807) is 7.11 Å². The van der Waals surface area contributed by atoms with Gasteiger partial charge in [-0.05, 0) is 37.0 Å². The van der Waals surface area contributed by atoms with Gasteiger partial charge in [0.15, 0.2) is 0 Å². The van der Waals surface area contributed by atoms with Gasteiger partial charge in [-0.25, -0.2) is 4.79 Å². The molecule has 2 amide bonds. The number of hydrogen-bond acceptors (Lipinski definition) is 2. The van der Waals surface area contributed by atoms with Crippen molar-refractivity contribution < 1.29 is 9.53 Å². The molecule has 1 aromatic rings. The summed E-state index contributed by atoms with van der Waals surface area (Å²) in [5, 5.41) is 5.80. The maximum absolute atomic E-state index is 11.6. The highest BCUT2D eigenvalue weighted by molar-refractivity contribution is 5.74. The quantitative estimate of drug-likeness (QED) is 0.827. The van der Waals surface area contributed by atoms with E-state index in [2.05, 4.69) is 22.8 Å². The van der Waals surface area contributed by atoms with Crippen molar-refractivity contribution in [2.75, 3.05) is 20.2 Å². The maximum atomic E-state index is 11.6. The van der Waals surface area contributed by atoms with Gasteiger partial charge in [0, 0.05) is 18.5 Å². The minimum Gasteiger partial charge on any atom is -0.497 e. The fraction of sp³-hybridized carbons (Fsp3) is 0.533. The Labute approximate surface area is 114 Å². The standard InChI is InChI=1S/C15H22N2O2/c1-3-10-16-14(18)17-11-15(8-9-15)12-4-6-13(19-2)7-5-12/h4-7H,3,8-11H2,1-2H3,(H2,16,17,18). The number of benzene rings is 1. The molecule has 2 N–H and O–H groups in total. The molecule has 1 aliphatic carbocycles. The lowest BCUT2D eigenvalue weighted by molar-refractivity contribution is 0.240. The van der Waals surface area contributed by atoms with Gasteiger partial charge in [-0.1, -0.05) is 19.1 Å². The van der Waals surface area contributed by atoms with Crippen LogP contribution >= 0.6 is 0 Å². The molecule has 1 aromatic carbocycles. The summed E-state index contributed by atoms with van der Waals surface area (Å²) in [6, 6.07) is 8.08. The predicted octanol–water partition coefficient (Wildman–Crippen LogP) is 2.44. The van der Waals surface area contributed by atoms with Crippen molar-refractivity contribution >= 4 is 6.03 Å². The zero-order valence-corrected chi connectivity index (χ0v) is 11.7. The number of amides is 2. The highest BCUT2D eigenvalue weighted by atomic mass is 16.5. The normalized spacial score (nSPS) is 15.7. The number of nitrogens with one attached hydrogen (secondary N) is 2. The van der Waals surface area contributed by atoms with Crippen molar-refractivity contribution in [3.05, 3.63) is 29.8 Å². The number of rotatable bonds is 6. The van der Waals surface area contributed by atoms with Crippen LogP contribution in [0.3, 0.4) is 0 Å². The second-order valence-electron chi connectivity index (χ2n) is 5.12. The van der Waals surface area contributed by atoms with Gasteiger partial charge in [0.25, 0.3) is 0 Å². The molecule has 19 heavy (non-hydrogen) atoms. The number of urea groups is 1. The van der Waals surface area contributed by atoms with E-state index in [4.69, 9.17) is 4.74 Å².